The van der Waals surface area contributed by atoms with Gasteiger partial charge in [0.25, 0.3) is 0 Å². The van der Waals surface area contributed by atoms with Crippen molar-refractivity contribution in [1.82, 2.24) is 24.8 Å². The van der Waals surface area contributed by atoms with Gasteiger partial charge in [-0.15, -0.1) is 0 Å². The van der Waals surface area contributed by atoms with Crippen LogP contribution in [0.2, 0.25) is 0 Å². The van der Waals surface area contributed by atoms with E-state index >= 15 is 0 Å². The highest BCUT2D eigenvalue weighted by Gasteiger charge is 2.19. The minimum atomic E-state index is 0.785. The van der Waals surface area contributed by atoms with Gasteiger partial charge in [0.15, 0.2) is 5.82 Å². The van der Waals surface area contributed by atoms with Crippen molar-refractivity contribution in [3.8, 4) is 11.4 Å². The van der Waals surface area contributed by atoms with Crippen LogP contribution in [0, 0.1) is 6.92 Å². The van der Waals surface area contributed by atoms with E-state index in [1.807, 2.05) is 30.7 Å². The van der Waals surface area contributed by atoms with Crippen LogP contribution in [0.1, 0.15) is 22.4 Å². The van der Waals surface area contributed by atoms with Gasteiger partial charge in [-0.05, 0) is 36.2 Å². The number of rotatable bonds is 3. The molecular weight excluding hydrogens is 298 g/mol. The lowest BCUT2D eigenvalue weighted by molar-refractivity contribution is 0.242. The summed E-state index contributed by atoms with van der Waals surface area (Å²) in [5, 5.41) is 0. The molecule has 1 aliphatic rings. The van der Waals surface area contributed by atoms with Crippen molar-refractivity contribution in [1.29, 1.82) is 0 Å². The average Bonchev–Trinajstić information content (AvgIpc) is 2.64. The summed E-state index contributed by atoms with van der Waals surface area (Å²) in [6.45, 7) is 4.96. The van der Waals surface area contributed by atoms with E-state index in [-0.39, 0.29) is 0 Å². The van der Waals surface area contributed by atoms with Gasteiger partial charge < -0.3 is 0 Å². The molecule has 0 saturated heterocycles. The molecular formula is C19H19N5. The van der Waals surface area contributed by atoms with Crippen LogP contribution in [0.15, 0.2) is 49.2 Å². The third kappa shape index (κ3) is 3.03. The highest BCUT2D eigenvalue weighted by Crippen LogP contribution is 2.22. The molecule has 0 fully saturated rings. The Morgan fingerprint density at radius 3 is 2.71 bits per heavy atom. The van der Waals surface area contributed by atoms with Gasteiger partial charge in [0.1, 0.15) is 0 Å². The summed E-state index contributed by atoms with van der Waals surface area (Å²) < 4.78 is 0. The zero-order valence-electron chi connectivity index (χ0n) is 13.7. The molecule has 0 saturated carbocycles. The number of hydrogen-bond acceptors (Lipinski definition) is 5. The molecule has 0 N–H and O–H groups in total. The number of pyridine rings is 2. The molecule has 0 aromatic carbocycles. The molecule has 3 aromatic heterocycles. The number of nitrogens with zero attached hydrogens (tertiary/aromatic N) is 5. The maximum atomic E-state index is 4.76. The van der Waals surface area contributed by atoms with Gasteiger partial charge in [0.2, 0.25) is 0 Å². The second kappa shape index (κ2) is 6.45. The lowest BCUT2D eigenvalue weighted by Crippen LogP contribution is -2.31. The molecule has 120 valence electrons. The maximum Gasteiger partial charge on any atom is 0.159 e. The minimum Gasteiger partial charge on any atom is -0.294 e. The zero-order valence-corrected chi connectivity index (χ0v) is 13.7. The summed E-state index contributed by atoms with van der Waals surface area (Å²) in [5.74, 6) is 0.785. The highest BCUT2D eigenvalue weighted by atomic mass is 15.1. The molecule has 5 heteroatoms. The summed E-state index contributed by atoms with van der Waals surface area (Å²) in [6, 6.07) is 5.96. The Morgan fingerprint density at radius 2 is 1.88 bits per heavy atom. The fourth-order valence-electron chi connectivity index (χ4n) is 3.05. The highest BCUT2D eigenvalue weighted by molar-refractivity contribution is 5.54. The second-order valence-electron chi connectivity index (χ2n) is 6.16. The first-order valence-corrected chi connectivity index (χ1v) is 8.16. The van der Waals surface area contributed by atoms with E-state index in [0.717, 1.165) is 43.1 Å². The molecule has 0 radical (unpaired) electrons. The van der Waals surface area contributed by atoms with Crippen LogP contribution in [-0.2, 0) is 19.5 Å². The van der Waals surface area contributed by atoms with E-state index in [2.05, 4.69) is 32.8 Å². The lowest BCUT2D eigenvalue weighted by Gasteiger charge is -2.28. The van der Waals surface area contributed by atoms with Gasteiger partial charge in [-0.25, -0.2) is 9.97 Å². The van der Waals surface area contributed by atoms with E-state index in [9.17, 15) is 0 Å². The van der Waals surface area contributed by atoms with Crippen molar-refractivity contribution in [2.75, 3.05) is 6.54 Å². The predicted octanol–water partition coefficient (Wildman–Crippen LogP) is 2.80. The van der Waals surface area contributed by atoms with Crippen LogP contribution in [-0.4, -0.2) is 31.4 Å². The second-order valence-corrected chi connectivity index (χ2v) is 6.16. The quantitative estimate of drug-likeness (QED) is 0.743. The van der Waals surface area contributed by atoms with Crippen molar-refractivity contribution in [3.05, 3.63) is 71.6 Å². The van der Waals surface area contributed by atoms with Crippen molar-refractivity contribution in [2.24, 2.45) is 0 Å². The number of aromatic nitrogens is 4. The van der Waals surface area contributed by atoms with E-state index < -0.39 is 0 Å². The lowest BCUT2D eigenvalue weighted by atomic mass is 10.1. The Labute approximate surface area is 141 Å². The van der Waals surface area contributed by atoms with Gasteiger partial charge >= 0.3 is 0 Å². The van der Waals surface area contributed by atoms with Crippen LogP contribution in [0.5, 0.6) is 0 Å². The predicted molar refractivity (Wildman–Crippen MR) is 92.1 cm³/mol. The van der Waals surface area contributed by atoms with Crippen LogP contribution < -0.4 is 0 Å². The fourth-order valence-corrected chi connectivity index (χ4v) is 3.05. The first-order valence-electron chi connectivity index (χ1n) is 8.16. The summed E-state index contributed by atoms with van der Waals surface area (Å²) in [7, 11) is 0. The first kappa shape index (κ1) is 14.9. The van der Waals surface area contributed by atoms with Crippen LogP contribution in [0.3, 0.4) is 0 Å². The molecule has 0 aliphatic carbocycles. The zero-order chi connectivity index (χ0) is 16.4. The van der Waals surface area contributed by atoms with Gasteiger partial charge in [0, 0.05) is 68.2 Å². The van der Waals surface area contributed by atoms with Crippen LogP contribution >= 0.6 is 0 Å². The van der Waals surface area contributed by atoms with E-state index in [0.29, 0.717) is 0 Å². The van der Waals surface area contributed by atoms with Crippen molar-refractivity contribution in [2.45, 2.75) is 26.4 Å². The summed E-state index contributed by atoms with van der Waals surface area (Å²) in [6.07, 6.45) is 10.3. The molecule has 0 bridgehead atoms. The topological polar surface area (TPSA) is 54.8 Å². The van der Waals surface area contributed by atoms with Gasteiger partial charge in [-0.2, -0.15) is 0 Å². The van der Waals surface area contributed by atoms with Crippen LogP contribution in [0.25, 0.3) is 11.4 Å². The number of aryl methyl sites for hydroxylation is 1. The largest absolute Gasteiger partial charge is 0.294 e. The molecule has 24 heavy (non-hydrogen) atoms. The summed E-state index contributed by atoms with van der Waals surface area (Å²) in [4.78, 5) is 20.0. The third-order valence-corrected chi connectivity index (χ3v) is 4.49. The Hall–Kier alpha value is -2.66. The number of fused-ring (bicyclic) bond motifs is 1. The molecule has 1 aliphatic heterocycles. The van der Waals surface area contributed by atoms with Crippen molar-refractivity contribution >= 4 is 0 Å². The third-order valence-electron chi connectivity index (χ3n) is 4.49. The molecule has 0 spiro atoms. The minimum absolute atomic E-state index is 0.785. The SMILES string of the molecule is Cc1ccncc1CN1CCc2nc(-c3ccncc3)ncc2C1. The maximum absolute atomic E-state index is 4.76. The van der Waals surface area contributed by atoms with Gasteiger partial charge in [-0.1, -0.05) is 0 Å². The monoisotopic (exact) mass is 317 g/mol. The number of hydrogen-bond donors (Lipinski definition) is 0. The Bertz CT molecular complexity index is 847. The molecule has 3 aromatic rings. The molecule has 4 heterocycles. The summed E-state index contributed by atoms with van der Waals surface area (Å²) in [5.41, 5.74) is 5.98. The molecule has 4 rings (SSSR count). The van der Waals surface area contributed by atoms with Crippen molar-refractivity contribution < 1.29 is 0 Å². The summed E-state index contributed by atoms with van der Waals surface area (Å²) >= 11 is 0. The molecule has 0 unspecified atom stereocenters. The fraction of sp³-hybridized carbons (Fsp3) is 0.263. The average molecular weight is 317 g/mol. The smallest absolute Gasteiger partial charge is 0.159 e. The molecule has 0 atom stereocenters. The van der Waals surface area contributed by atoms with E-state index in [1.165, 1.54) is 16.7 Å². The first-order chi connectivity index (χ1) is 11.8. The Kier molecular flexibility index (Phi) is 4.01. The normalized spacial score (nSPS) is 14.4. The Balaban J connectivity index is 1.53. The van der Waals surface area contributed by atoms with Crippen molar-refractivity contribution in [3.63, 3.8) is 0 Å². The standard InChI is InChI=1S/C19H19N5/c1-14-2-6-21-10-16(14)12-24-9-5-18-17(13-24)11-22-19(23-18)15-3-7-20-8-4-15/h2-4,6-8,10-11H,5,9,12-13H2,1H3. The van der Waals surface area contributed by atoms with Gasteiger partial charge in [-0.3, -0.25) is 14.9 Å². The molecule has 0 amide bonds. The van der Waals surface area contributed by atoms with Gasteiger partial charge in [0.05, 0.1) is 5.69 Å². The van der Waals surface area contributed by atoms with E-state index in [4.69, 9.17) is 4.98 Å². The molecule has 5 nitrogen and oxygen atoms in total. The van der Waals surface area contributed by atoms with E-state index in [1.54, 1.807) is 12.4 Å². The Morgan fingerprint density at radius 1 is 1.04 bits per heavy atom. The van der Waals surface area contributed by atoms with Crippen LogP contribution in [0.4, 0.5) is 0 Å².